The van der Waals surface area contributed by atoms with Crippen LogP contribution in [0.5, 0.6) is 0 Å². The Morgan fingerprint density at radius 3 is 2.53 bits per heavy atom. The fraction of sp³-hybridized carbons (Fsp3) is 0.643. The Kier molecular flexibility index (Phi) is 3.36. The summed E-state index contributed by atoms with van der Waals surface area (Å²) >= 11 is 0. The molecule has 1 N–H and O–H groups in total. The zero-order valence-corrected chi connectivity index (χ0v) is 11.3. The van der Waals surface area contributed by atoms with Crippen molar-refractivity contribution in [3.8, 4) is 0 Å². The van der Waals surface area contributed by atoms with Gasteiger partial charge in [0.15, 0.2) is 11.5 Å². The largest absolute Gasteiger partial charge is 0.355 e. The second-order valence-corrected chi connectivity index (χ2v) is 5.69. The highest BCUT2D eigenvalue weighted by atomic mass is 16.2. The molecule has 0 aromatic carbocycles. The van der Waals surface area contributed by atoms with E-state index >= 15 is 0 Å². The van der Waals surface area contributed by atoms with Crippen LogP contribution in [0.3, 0.4) is 0 Å². The molecule has 5 heteroatoms. The Labute approximate surface area is 113 Å². The molecule has 1 aliphatic carbocycles. The molecule has 1 amide bonds. The lowest BCUT2D eigenvalue weighted by molar-refractivity contribution is 0.0945. The quantitative estimate of drug-likeness (QED) is 0.897. The molecule has 3 rings (SSSR count). The lowest BCUT2D eigenvalue weighted by atomic mass is 9.99. The highest BCUT2D eigenvalue weighted by Gasteiger charge is 2.24. The summed E-state index contributed by atoms with van der Waals surface area (Å²) < 4.78 is 0. The molecule has 0 bridgehead atoms. The molecule has 2 aliphatic rings. The predicted octanol–water partition coefficient (Wildman–Crippen LogP) is 1.61. The minimum Gasteiger partial charge on any atom is -0.355 e. The molecule has 1 aromatic rings. The van der Waals surface area contributed by atoms with Gasteiger partial charge in [-0.25, -0.2) is 0 Å². The van der Waals surface area contributed by atoms with Crippen molar-refractivity contribution in [1.82, 2.24) is 15.5 Å². The van der Waals surface area contributed by atoms with E-state index in [1.54, 1.807) is 6.07 Å². The van der Waals surface area contributed by atoms with Gasteiger partial charge in [0, 0.05) is 19.1 Å². The van der Waals surface area contributed by atoms with Crippen LogP contribution in [0.15, 0.2) is 12.1 Å². The van der Waals surface area contributed by atoms with E-state index in [2.05, 4.69) is 27.3 Å². The van der Waals surface area contributed by atoms with Crippen molar-refractivity contribution in [1.29, 1.82) is 0 Å². The van der Waals surface area contributed by atoms with Gasteiger partial charge < -0.3 is 10.2 Å². The van der Waals surface area contributed by atoms with Crippen LogP contribution in [0.4, 0.5) is 5.82 Å². The minimum absolute atomic E-state index is 0.103. The normalized spacial score (nSPS) is 20.4. The Bertz CT molecular complexity index is 447. The van der Waals surface area contributed by atoms with E-state index in [0.717, 1.165) is 37.7 Å². The van der Waals surface area contributed by atoms with Gasteiger partial charge in [-0.15, -0.1) is 10.2 Å². The summed E-state index contributed by atoms with van der Waals surface area (Å²) in [6, 6.07) is 4.04. The van der Waals surface area contributed by atoms with E-state index in [1.165, 1.54) is 12.8 Å². The van der Waals surface area contributed by atoms with Crippen LogP contribution in [0.2, 0.25) is 0 Å². The summed E-state index contributed by atoms with van der Waals surface area (Å²) in [4.78, 5) is 14.0. The molecule has 1 saturated heterocycles. The molecule has 1 aliphatic heterocycles. The lowest BCUT2D eigenvalue weighted by Crippen LogP contribution is -2.34. The van der Waals surface area contributed by atoms with Gasteiger partial charge in [-0.1, -0.05) is 6.92 Å². The molecule has 0 spiro atoms. The van der Waals surface area contributed by atoms with Gasteiger partial charge in [-0.3, -0.25) is 4.79 Å². The van der Waals surface area contributed by atoms with Gasteiger partial charge in [0.05, 0.1) is 0 Å². The van der Waals surface area contributed by atoms with Crippen molar-refractivity contribution in [3.05, 3.63) is 17.8 Å². The molecule has 2 heterocycles. The molecule has 19 heavy (non-hydrogen) atoms. The summed E-state index contributed by atoms with van der Waals surface area (Å²) in [6.45, 7) is 4.35. The van der Waals surface area contributed by atoms with Gasteiger partial charge in [0.25, 0.3) is 5.91 Å². The minimum atomic E-state index is -0.103. The first kappa shape index (κ1) is 12.4. The van der Waals surface area contributed by atoms with Crippen LogP contribution in [0.1, 0.15) is 43.1 Å². The maximum Gasteiger partial charge on any atom is 0.272 e. The average Bonchev–Trinajstić information content (AvgIpc) is 3.24. The van der Waals surface area contributed by atoms with Gasteiger partial charge in [-0.05, 0) is 43.7 Å². The SMILES string of the molecule is CC1CCN(c2ccc(C(=O)NC3CC3)nn2)CC1. The highest BCUT2D eigenvalue weighted by molar-refractivity contribution is 5.92. The molecule has 1 aromatic heterocycles. The third kappa shape index (κ3) is 3.03. The smallest absolute Gasteiger partial charge is 0.272 e. The zero-order valence-electron chi connectivity index (χ0n) is 11.3. The first-order valence-corrected chi connectivity index (χ1v) is 7.12. The summed E-state index contributed by atoms with van der Waals surface area (Å²) in [7, 11) is 0. The number of nitrogens with one attached hydrogen (secondary N) is 1. The number of carbonyl (C=O) groups excluding carboxylic acids is 1. The van der Waals surface area contributed by atoms with E-state index in [-0.39, 0.29) is 5.91 Å². The molecule has 102 valence electrons. The van der Waals surface area contributed by atoms with Gasteiger partial charge >= 0.3 is 0 Å². The molecule has 0 atom stereocenters. The van der Waals surface area contributed by atoms with Crippen LogP contribution < -0.4 is 10.2 Å². The van der Waals surface area contributed by atoms with Crippen LogP contribution in [-0.4, -0.2) is 35.2 Å². The number of carbonyl (C=O) groups is 1. The topological polar surface area (TPSA) is 58.1 Å². The summed E-state index contributed by atoms with van der Waals surface area (Å²) in [5.74, 6) is 1.58. The summed E-state index contributed by atoms with van der Waals surface area (Å²) in [5.41, 5.74) is 0.418. The van der Waals surface area contributed by atoms with Crippen molar-refractivity contribution in [2.75, 3.05) is 18.0 Å². The van der Waals surface area contributed by atoms with Crippen LogP contribution in [0.25, 0.3) is 0 Å². The first-order chi connectivity index (χ1) is 9.22. The number of aromatic nitrogens is 2. The van der Waals surface area contributed by atoms with E-state index in [4.69, 9.17) is 0 Å². The number of piperidine rings is 1. The Balaban J connectivity index is 1.63. The number of hydrogen-bond donors (Lipinski definition) is 1. The second-order valence-electron chi connectivity index (χ2n) is 5.69. The highest BCUT2D eigenvalue weighted by Crippen LogP contribution is 2.21. The Hall–Kier alpha value is -1.65. The number of amides is 1. The Morgan fingerprint density at radius 1 is 1.21 bits per heavy atom. The van der Waals surface area contributed by atoms with E-state index < -0.39 is 0 Å². The summed E-state index contributed by atoms with van der Waals surface area (Å²) in [6.07, 6.45) is 4.57. The van der Waals surface area contributed by atoms with Crippen LogP contribution in [-0.2, 0) is 0 Å². The molecular weight excluding hydrogens is 240 g/mol. The van der Waals surface area contributed by atoms with Crippen LogP contribution >= 0.6 is 0 Å². The monoisotopic (exact) mass is 260 g/mol. The van der Waals surface area contributed by atoms with Crippen molar-refractivity contribution in [3.63, 3.8) is 0 Å². The fourth-order valence-corrected chi connectivity index (χ4v) is 2.34. The maximum atomic E-state index is 11.8. The maximum absolute atomic E-state index is 11.8. The van der Waals surface area contributed by atoms with Gasteiger partial charge in [0.1, 0.15) is 0 Å². The average molecular weight is 260 g/mol. The number of nitrogens with zero attached hydrogens (tertiary/aromatic N) is 3. The molecule has 1 saturated carbocycles. The zero-order chi connectivity index (χ0) is 13.2. The van der Waals surface area contributed by atoms with Crippen molar-refractivity contribution in [2.24, 2.45) is 5.92 Å². The number of hydrogen-bond acceptors (Lipinski definition) is 4. The van der Waals surface area contributed by atoms with Crippen molar-refractivity contribution >= 4 is 11.7 Å². The lowest BCUT2D eigenvalue weighted by Gasteiger charge is -2.30. The molecule has 0 radical (unpaired) electrons. The molecular formula is C14H20N4O. The second kappa shape index (κ2) is 5.15. The third-order valence-electron chi connectivity index (χ3n) is 3.90. The van der Waals surface area contributed by atoms with Crippen molar-refractivity contribution < 1.29 is 4.79 Å². The first-order valence-electron chi connectivity index (χ1n) is 7.12. The van der Waals surface area contributed by atoms with E-state index in [1.807, 2.05) is 6.07 Å². The Morgan fingerprint density at radius 2 is 1.95 bits per heavy atom. The predicted molar refractivity (Wildman–Crippen MR) is 73.1 cm³/mol. The van der Waals surface area contributed by atoms with Crippen molar-refractivity contribution in [2.45, 2.75) is 38.6 Å². The number of anilines is 1. The van der Waals surface area contributed by atoms with Gasteiger partial charge in [-0.2, -0.15) is 0 Å². The van der Waals surface area contributed by atoms with E-state index in [0.29, 0.717) is 11.7 Å². The third-order valence-corrected chi connectivity index (χ3v) is 3.90. The standard InChI is InChI=1S/C14H20N4O/c1-10-6-8-18(9-7-10)13-5-4-12(16-17-13)14(19)15-11-2-3-11/h4-5,10-11H,2-3,6-9H2,1H3,(H,15,19). The van der Waals surface area contributed by atoms with Crippen LogP contribution in [0, 0.1) is 5.92 Å². The van der Waals surface area contributed by atoms with E-state index in [9.17, 15) is 4.79 Å². The molecule has 2 fully saturated rings. The number of rotatable bonds is 3. The molecule has 5 nitrogen and oxygen atoms in total. The molecule has 0 unspecified atom stereocenters. The fourth-order valence-electron chi connectivity index (χ4n) is 2.34. The summed E-state index contributed by atoms with van der Waals surface area (Å²) in [5, 5.41) is 11.2. The van der Waals surface area contributed by atoms with Gasteiger partial charge in [0.2, 0.25) is 0 Å².